The Labute approximate surface area is 91.8 Å². The summed E-state index contributed by atoms with van der Waals surface area (Å²) in [6.07, 6.45) is 3.08. The highest BCUT2D eigenvalue weighted by molar-refractivity contribution is 5.15. The average molecular weight is 211 g/mol. The molecule has 0 aromatic carbocycles. The molecule has 1 atom stereocenters. The van der Waals surface area contributed by atoms with Crippen molar-refractivity contribution in [2.75, 3.05) is 6.54 Å². The zero-order valence-corrected chi connectivity index (χ0v) is 9.88. The first-order valence-electron chi connectivity index (χ1n) is 5.65. The molecule has 1 aromatic rings. The summed E-state index contributed by atoms with van der Waals surface area (Å²) < 4.78 is 11.1. The van der Waals surface area contributed by atoms with E-state index in [1.54, 1.807) is 6.26 Å². The zero-order chi connectivity index (χ0) is 11.1. The van der Waals surface area contributed by atoms with Gasteiger partial charge in [0.25, 0.3) is 0 Å². The fraction of sp³-hybridized carbons (Fsp3) is 0.667. The van der Waals surface area contributed by atoms with Crippen LogP contribution in [0, 0.1) is 0 Å². The molecule has 1 N–H and O–H groups in total. The molecular weight excluding hydrogens is 190 g/mol. The molecule has 0 fully saturated rings. The van der Waals surface area contributed by atoms with E-state index in [-0.39, 0.29) is 0 Å². The van der Waals surface area contributed by atoms with Crippen molar-refractivity contribution in [1.82, 2.24) is 5.32 Å². The van der Waals surface area contributed by atoms with Crippen molar-refractivity contribution in [3.05, 3.63) is 23.7 Å². The molecular formula is C12H21NO2. The third-order valence-electron chi connectivity index (χ3n) is 2.47. The van der Waals surface area contributed by atoms with Crippen LogP contribution < -0.4 is 5.32 Å². The van der Waals surface area contributed by atoms with Crippen LogP contribution >= 0.6 is 0 Å². The SMILES string of the molecule is CCNCc1occc1COC(C)CC. The standard InChI is InChI=1S/C12H21NO2/c1-4-10(3)15-9-11-6-7-14-12(11)8-13-5-2/h6-7,10,13H,4-5,8-9H2,1-3H3. The largest absolute Gasteiger partial charge is 0.468 e. The van der Waals surface area contributed by atoms with Crippen LogP contribution in [0.25, 0.3) is 0 Å². The second-order valence-electron chi connectivity index (χ2n) is 3.68. The van der Waals surface area contributed by atoms with Crippen LogP contribution in [0.5, 0.6) is 0 Å². The highest BCUT2D eigenvalue weighted by atomic mass is 16.5. The molecule has 0 spiro atoms. The van der Waals surface area contributed by atoms with E-state index in [2.05, 4.69) is 26.1 Å². The van der Waals surface area contributed by atoms with E-state index >= 15 is 0 Å². The van der Waals surface area contributed by atoms with Gasteiger partial charge in [-0.15, -0.1) is 0 Å². The molecule has 0 aliphatic heterocycles. The Hall–Kier alpha value is -0.800. The van der Waals surface area contributed by atoms with Crippen molar-refractivity contribution in [3.63, 3.8) is 0 Å². The molecule has 1 rings (SSSR count). The molecule has 0 bridgehead atoms. The van der Waals surface area contributed by atoms with Gasteiger partial charge in [0.05, 0.1) is 25.5 Å². The molecule has 0 saturated heterocycles. The summed E-state index contributed by atoms with van der Waals surface area (Å²) in [6, 6.07) is 1.98. The van der Waals surface area contributed by atoms with E-state index in [0.717, 1.165) is 30.8 Å². The second kappa shape index (κ2) is 6.64. The molecule has 1 heterocycles. The third kappa shape index (κ3) is 4.06. The fourth-order valence-electron chi connectivity index (χ4n) is 1.24. The highest BCUT2D eigenvalue weighted by Gasteiger charge is 2.07. The van der Waals surface area contributed by atoms with Crippen LogP contribution in [-0.2, 0) is 17.9 Å². The maximum Gasteiger partial charge on any atom is 0.123 e. The van der Waals surface area contributed by atoms with E-state index in [4.69, 9.17) is 9.15 Å². The first-order chi connectivity index (χ1) is 7.27. The summed E-state index contributed by atoms with van der Waals surface area (Å²) in [5.74, 6) is 0.986. The molecule has 0 radical (unpaired) electrons. The Bertz CT molecular complexity index is 270. The van der Waals surface area contributed by atoms with Crippen molar-refractivity contribution in [3.8, 4) is 0 Å². The fourth-order valence-corrected chi connectivity index (χ4v) is 1.24. The van der Waals surface area contributed by atoms with Gasteiger partial charge in [-0.3, -0.25) is 0 Å². The normalized spacial score (nSPS) is 13.0. The van der Waals surface area contributed by atoms with Crippen molar-refractivity contribution in [2.24, 2.45) is 0 Å². The Morgan fingerprint density at radius 3 is 2.93 bits per heavy atom. The minimum atomic E-state index is 0.312. The summed E-state index contributed by atoms with van der Waals surface area (Å²) in [5, 5.41) is 3.24. The maximum absolute atomic E-state index is 5.67. The monoisotopic (exact) mass is 211 g/mol. The predicted molar refractivity (Wildman–Crippen MR) is 60.6 cm³/mol. The molecule has 86 valence electrons. The first-order valence-corrected chi connectivity index (χ1v) is 5.65. The molecule has 1 unspecified atom stereocenters. The Balaban J connectivity index is 2.42. The molecule has 0 saturated carbocycles. The van der Waals surface area contributed by atoms with Gasteiger partial charge in [0.2, 0.25) is 0 Å². The van der Waals surface area contributed by atoms with E-state index < -0.39 is 0 Å². The van der Waals surface area contributed by atoms with Crippen LogP contribution in [0.4, 0.5) is 0 Å². The van der Waals surface area contributed by atoms with Crippen LogP contribution in [0.1, 0.15) is 38.5 Å². The number of hydrogen-bond donors (Lipinski definition) is 1. The van der Waals surface area contributed by atoms with Crippen LogP contribution in [0.2, 0.25) is 0 Å². The lowest BCUT2D eigenvalue weighted by atomic mass is 10.2. The highest BCUT2D eigenvalue weighted by Crippen LogP contribution is 2.13. The number of ether oxygens (including phenoxy) is 1. The smallest absolute Gasteiger partial charge is 0.123 e. The first kappa shape index (κ1) is 12.3. The zero-order valence-electron chi connectivity index (χ0n) is 9.88. The molecule has 3 heteroatoms. The lowest BCUT2D eigenvalue weighted by Gasteiger charge is -2.10. The average Bonchev–Trinajstić information content (AvgIpc) is 2.70. The van der Waals surface area contributed by atoms with Gasteiger partial charge in [-0.05, 0) is 26.0 Å². The van der Waals surface area contributed by atoms with Crippen LogP contribution in [-0.4, -0.2) is 12.6 Å². The van der Waals surface area contributed by atoms with Crippen molar-refractivity contribution < 1.29 is 9.15 Å². The molecule has 15 heavy (non-hydrogen) atoms. The van der Waals surface area contributed by atoms with Gasteiger partial charge in [-0.1, -0.05) is 13.8 Å². The predicted octanol–water partition coefficient (Wildman–Crippen LogP) is 2.70. The topological polar surface area (TPSA) is 34.4 Å². The summed E-state index contributed by atoms with van der Waals surface area (Å²) in [7, 11) is 0. The van der Waals surface area contributed by atoms with Gasteiger partial charge in [0.15, 0.2) is 0 Å². The Morgan fingerprint density at radius 2 is 2.27 bits per heavy atom. The lowest BCUT2D eigenvalue weighted by Crippen LogP contribution is -2.13. The van der Waals surface area contributed by atoms with Gasteiger partial charge in [-0.2, -0.15) is 0 Å². The molecule has 1 aromatic heterocycles. The van der Waals surface area contributed by atoms with Crippen molar-refractivity contribution in [2.45, 2.75) is 46.4 Å². The lowest BCUT2D eigenvalue weighted by molar-refractivity contribution is 0.0500. The second-order valence-corrected chi connectivity index (χ2v) is 3.68. The van der Waals surface area contributed by atoms with Gasteiger partial charge in [0.1, 0.15) is 5.76 Å². The quantitative estimate of drug-likeness (QED) is 0.753. The minimum Gasteiger partial charge on any atom is -0.468 e. The molecule has 0 amide bonds. The van der Waals surface area contributed by atoms with Crippen LogP contribution in [0.3, 0.4) is 0 Å². The number of furan rings is 1. The Morgan fingerprint density at radius 1 is 1.47 bits per heavy atom. The summed E-state index contributed by atoms with van der Waals surface area (Å²) in [6.45, 7) is 8.67. The van der Waals surface area contributed by atoms with Gasteiger partial charge >= 0.3 is 0 Å². The van der Waals surface area contributed by atoms with Crippen molar-refractivity contribution >= 4 is 0 Å². The molecule has 0 aliphatic carbocycles. The Kier molecular flexibility index (Phi) is 5.43. The summed E-state index contributed by atoms with van der Waals surface area (Å²) >= 11 is 0. The summed E-state index contributed by atoms with van der Waals surface area (Å²) in [4.78, 5) is 0. The molecule has 0 aliphatic rings. The van der Waals surface area contributed by atoms with Gasteiger partial charge in [-0.25, -0.2) is 0 Å². The molecule has 3 nitrogen and oxygen atoms in total. The van der Waals surface area contributed by atoms with Crippen LogP contribution in [0.15, 0.2) is 16.7 Å². The van der Waals surface area contributed by atoms with Gasteiger partial charge < -0.3 is 14.5 Å². The number of nitrogens with one attached hydrogen (secondary N) is 1. The van der Waals surface area contributed by atoms with E-state index in [9.17, 15) is 0 Å². The summed E-state index contributed by atoms with van der Waals surface area (Å²) in [5.41, 5.74) is 1.15. The van der Waals surface area contributed by atoms with E-state index in [1.807, 2.05) is 6.07 Å². The van der Waals surface area contributed by atoms with Gasteiger partial charge in [0, 0.05) is 5.56 Å². The van der Waals surface area contributed by atoms with E-state index in [1.165, 1.54) is 0 Å². The third-order valence-corrected chi connectivity index (χ3v) is 2.47. The van der Waals surface area contributed by atoms with Crippen molar-refractivity contribution in [1.29, 1.82) is 0 Å². The van der Waals surface area contributed by atoms with E-state index in [0.29, 0.717) is 12.7 Å². The maximum atomic E-state index is 5.67. The number of hydrogen-bond acceptors (Lipinski definition) is 3. The number of rotatable bonds is 7. The minimum absolute atomic E-state index is 0.312.